The molecule has 0 unspecified atom stereocenters. The van der Waals surface area contributed by atoms with E-state index in [0.29, 0.717) is 5.82 Å². The summed E-state index contributed by atoms with van der Waals surface area (Å²) < 4.78 is 0. The molecule has 1 saturated heterocycles. The van der Waals surface area contributed by atoms with Gasteiger partial charge < -0.3 is 20.4 Å². The fraction of sp³-hybridized carbons (Fsp3) is 0.500. The van der Waals surface area contributed by atoms with Crippen molar-refractivity contribution in [3.05, 3.63) is 29.9 Å². The first-order valence-corrected chi connectivity index (χ1v) is 8.87. The van der Waals surface area contributed by atoms with Gasteiger partial charge in [-0.1, -0.05) is 13.5 Å². The smallest absolute Gasteiger partial charge is 0.222 e. The molecular formula is C18H26N6O. The molecule has 134 valence electrons. The first-order chi connectivity index (χ1) is 12.1. The van der Waals surface area contributed by atoms with Crippen LogP contribution in [0.3, 0.4) is 0 Å². The van der Waals surface area contributed by atoms with Crippen LogP contribution in [0.25, 0.3) is 5.57 Å². The Kier molecular flexibility index (Phi) is 5.03. The second-order valence-electron chi connectivity index (χ2n) is 6.22. The highest BCUT2D eigenvalue weighted by atomic mass is 16.1. The zero-order valence-corrected chi connectivity index (χ0v) is 15.2. The molecule has 0 aliphatic carbocycles. The van der Waals surface area contributed by atoms with Gasteiger partial charge in [-0.3, -0.25) is 4.79 Å². The fourth-order valence-electron chi connectivity index (χ4n) is 3.53. The number of carbonyl (C=O) groups is 1. The van der Waals surface area contributed by atoms with Crippen molar-refractivity contribution < 1.29 is 4.79 Å². The molecule has 1 fully saturated rings. The monoisotopic (exact) mass is 342 g/mol. The molecule has 0 spiro atoms. The Morgan fingerprint density at radius 2 is 2.08 bits per heavy atom. The number of anilines is 2. The van der Waals surface area contributed by atoms with E-state index in [0.717, 1.165) is 61.9 Å². The van der Waals surface area contributed by atoms with Crippen LogP contribution in [-0.2, 0) is 4.79 Å². The number of rotatable bonds is 4. The highest BCUT2D eigenvalue weighted by Crippen LogP contribution is 2.40. The maximum atomic E-state index is 11.4. The van der Waals surface area contributed by atoms with E-state index in [9.17, 15) is 4.79 Å². The third kappa shape index (κ3) is 3.24. The molecule has 2 aliphatic heterocycles. The number of hydrogen-bond donors (Lipinski definition) is 2. The molecule has 0 saturated carbocycles. The first-order valence-electron chi connectivity index (χ1n) is 8.87. The minimum Gasteiger partial charge on any atom is -0.367 e. The molecule has 7 heteroatoms. The Morgan fingerprint density at radius 3 is 2.68 bits per heavy atom. The Labute approximate surface area is 148 Å². The van der Waals surface area contributed by atoms with Crippen molar-refractivity contribution in [1.82, 2.24) is 20.2 Å². The molecule has 0 radical (unpaired) electrons. The molecule has 0 aromatic carbocycles. The topological polar surface area (TPSA) is 73.4 Å². The van der Waals surface area contributed by atoms with Crippen LogP contribution < -0.4 is 15.5 Å². The number of allylic oxidation sites excluding steroid dienone is 2. The first kappa shape index (κ1) is 17.4. The largest absolute Gasteiger partial charge is 0.367 e. The van der Waals surface area contributed by atoms with E-state index in [-0.39, 0.29) is 5.91 Å². The summed E-state index contributed by atoms with van der Waals surface area (Å²) in [6, 6.07) is 0. The molecule has 7 nitrogen and oxygen atoms in total. The van der Waals surface area contributed by atoms with Gasteiger partial charge in [-0.2, -0.15) is 0 Å². The van der Waals surface area contributed by atoms with Crippen molar-refractivity contribution in [1.29, 1.82) is 0 Å². The van der Waals surface area contributed by atoms with Crippen molar-refractivity contribution in [3.63, 3.8) is 0 Å². The number of nitrogens with zero attached hydrogens (tertiary/aromatic N) is 4. The van der Waals surface area contributed by atoms with Crippen molar-refractivity contribution in [2.24, 2.45) is 0 Å². The lowest BCUT2D eigenvalue weighted by Gasteiger charge is -2.40. The Morgan fingerprint density at radius 1 is 1.36 bits per heavy atom. The maximum absolute atomic E-state index is 11.4. The van der Waals surface area contributed by atoms with Crippen LogP contribution in [0.1, 0.15) is 32.9 Å². The quantitative estimate of drug-likeness (QED) is 0.869. The maximum Gasteiger partial charge on any atom is 0.222 e. The summed E-state index contributed by atoms with van der Waals surface area (Å²) in [4.78, 5) is 25.2. The van der Waals surface area contributed by atoms with Gasteiger partial charge in [0.2, 0.25) is 5.91 Å². The zero-order valence-electron chi connectivity index (χ0n) is 15.2. The van der Waals surface area contributed by atoms with E-state index < -0.39 is 0 Å². The van der Waals surface area contributed by atoms with E-state index in [1.807, 2.05) is 0 Å². The highest BCUT2D eigenvalue weighted by molar-refractivity contribution is 5.90. The second kappa shape index (κ2) is 7.23. The van der Waals surface area contributed by atoms with Gasteiger partial charge in [0, 0.05) is 50.9 Å². The average Bonchev–Trinajstić information content (AvgIpc) is 2.62. The standard InChI is InChI=1S/C18H26N6O/c1-5-14-17(23-9-7-19-8-10-23)12(3)16-18(24(14)6-2)20-11-15(22-16)21-13(4)25/h11,19H,3,5-10H2,1-2,4H3,(H,21,22,25). The third-order valence-electron chi connectivity index (χ3n) is 4.57. The van der Waals surface area contributed by atoms with Gasteiger partial charge in [-0.15, -0.1) is 0 Å². The van der Waals surface area contributed by atoms with Crippen LogP contribution in [0, 0.1) is 0 Å². The molecular weight excluding hydrogens is 316 g/mol. The van der Waals surface area contributed by atoms with Crippen molar-refractivity contribution in [3.8, 4) is 0 Å². The SMILES string of the molecule is C=C1C(N2CCNCC2)=C(CC)N(CC)c2ncc(NC(C)=O)nc21. The number of fused-ring (bicyclic) bond motifs is 1. The molecule has 1 aromatic heterocycles. The van der Waals surface area contributed by atoms with Crippen LogP contribution in [-0.4, -0.2) is 53.5 Å². The Balaban J connectivity index is 2.08. The Bertz CT molecular complexity index is 720. The van der Waals surface area contributed by atoms with E-state index in [4.69, 9.17) is 0 Å². The molecule has 1 aromatic rings. The summed E-state index contributed by atoms with van der Waals surface area (Å²) in [7, 11) is 0. The number of carbonyl (C=O) groups excluding carboxylic acids is 1. The lowest BCUT2D eigenvalue weighted by molar-refractivity contribution is -0.114. The lowest BCUT2D eigenvalue weighted by atomic mass is 9.99. The number of amides is 1. The van der Waals surface area contributed by atoms with Gasteiger partial charge >= 0.3 is 0 Å². The molecule has 2 aliphatic rings. The average molecular weight is 342 g/mol. The van der Waals surface area contributed by atoms with Gasteiger partial charge in [-0.05, 0) is 13.3 Å². The Hall–Kier alpha value is -2.41. The van der Waals surface area contributed by atoms with Gasteiger partial charge in [0.25, 0.3) is 0 Å². The van der Waals surface area contributed by atoms with E-state index >= 15 is 0 Å². The minimum absolute atomic E-state index is 0.157. The molecule has 1 amide bonds. The second-order valence-corrected chi connectivity index (χ2v) is 6.22. The van der Waals surface area contributed by atoms with Crippen molar-refractivity contribution >= 4 is 23.1 Å². The normalized spacial score (nSPS) is 17.6. The molecule has 25 heavy (non-hydrogen) atoms. The summed E-state index contributed by atoms with van der Waals surface area (Å²) >= 11 is 0. The lowest BCUT2D eigenvalue weighted by Crippen LogP contribution is -2.45. The molecule has 3 heterocycles. The van der Waals surface area contributed by atoms with E-state index in [1.54, 1.807) is 6.20 Å². The molecule has 0 atom stereocenters. The summed E-state index contributed by atoms with van der Waals surface area (Å²) in [5.41, 5.74) is 4.04. The summed E-state index contributed by atoms with van der Waals surface area (Å²) in [5.74, 6) is 1.12. The highest BCUT2D eigenvalue weighted by Gasteiger charge is 2.32. The summed E-state index contributed by atoms with van der Waals surface area (Å²) in [5, 5.41) is 6.11. The predicted molar refractivity (Wildman–Crippen MR) is 100 cm³/mol. The molecule has 3 rings (SSSR count). The number of nitrogens with one attached hydrogen (secondary N) is 2. The van der Waals surface area contributed by atoms with Gasteiger partial charge in [0.15, 0.2) is 11.6 Å². The van der Waals surface area contributed by atoms with Crippen LogP contribution >= 0.6 is 0 Å². The summed E-state index contributed by atoms with van der Waals surface area (Å²) in [6.07, 6.45) is 2.51. The predicted octanol–water partition coefficient (Wildman–Crippen LogP) is 1.81. The number of hydrogen-bond acceptors (Lipinski definition) is 6. The minimum atomic E-state index is -0.157. The third-order valence-corrected chi connectivity index (χ3v) is 4.57. The van der Waals surface area contributed by atoms with Crippen molar-refractivity contribution in [2.75, 3.05) is 42.9 Å². The van der Waals surface area contributed by atoms with Crippen LogP contribution in [0.5, 0.6) is 0 Å². The zero-order chi connectivity index (χ0) is 18.0. The van der Waals surface area contributed by atoms with Gasteiger partial charge in [0.1, 0.15) is 5.69 Å². The fourth-order valence-corrected chi connectivity index (χ4v) is 3.53. The van der Waals surface area contributed by atoms with Crippen LogP contribution in [0.2, 0.25) is 0 Å². The number of aromatic nitrogens is 2. The van der Waals surface area contributed by atoms with Crippen LogP contribution in [0.4, 0.5) is 11.6 Å². The van der Waals surface area contributed by atoms with E-state index in [1.165, 1.54) is 12.6 Å². The van der Waals surface area contributed by atoms with E-state index in [2.05, 4.69) is 50.8 Å². The molecule has 0 bridgehead atoms. The molecule has 2 N–H and O–H groups in total. The van der Waals surface area contributed by atoms with Crippen molar-refractivity contribution in [2.45, 2.75) is 27.2 Å². The summed E-state index contributed by atoms with van der Waals surface area (Å²) in [6.45, 7) is 14.7. The van der Waals surface area contributed by atoms with Crippen LogP contribution in [0.15, 0.2) is 24.2 Å². The van der Waals surface area contributed by atoms with Gasteiger partial charge in [-0.25, -0.2) is 9.97 Å². The van der Waals surface area contributed by atoms with Gasteiger partial charge in [0.05, 0.1) is 11.9 Å². The number of piperazine rings is 1.